The normalized spacial score (nSPS) is 13.3. The third-order valence-corrected chi connectivity index (χ3v) is 4.83. The van der Waals surface area contributed by atoms with Gasteiger partial charge in [-0.15, -0.1) is 4.52 Å². The van der Waals surface area contributed by atoms with E-state index in [1.807, 2.05) is 12.1 Å². The molecule has 0 aliphatic rings. The molecule has 0 spiro atoms. The van der Waals surface area contributed by atoms with Crippen LogP contribution in [0, 0.1) is 11.3 Å². The molecule has 0 saturated carbocycles. The molecular formula is C20H32N2O4P+. The van der Waals surface area contributed by atoms with E-state index in [1.165, 1.54) is 25.7 Å². The number of hydrogen-bond donors (Lipinski definition) is 2. The van der Waals surface area contributed by atoms with Crippen molar-refractivity contribution in [2.75, 3.05) is 19.8 Å². The number of rotatable bonds is 15. The summed E-state index contributed by atoms with van der Waals surface area (Å²) in [6.07, 6.45) is 8.18. The van der Waals surface area contributed by atoms with Crippen molar-refractivity contribution in [1.82, 2.24) is 0 Å². The van der Waals surface area contributed by atoms with E-state index < -0.39 is 14.2 Å². The van der Waals surface area contributed by atoms with Gasteiger partial charge in [-0.1, -0.05) is 45.1 Å². The van der Waals surface area contributed by atoms with Gasteiger partial charge >= 0.3 is 8.69 Å². The first kappa shape index (κ1) is 23.5. The van der Waals surface area contributed by atoms with Crippen LogP contribution in [0.15, 0.2) is 18.2 Å². The molecule has 1 rings (SSSR count). The highest BCUT2D eigenvalue weighted by atomic mass is 31.1. The molecule has 0 aromatic heterocycles. The maximum atomic E-state index is 10.5. The molecule has 6 nitrogen and oxygen atoms in total. The molecule has 27 heavy (non-hydrogen) atoms. The van der Waals surface area contributed by atoms with Crippen molar-refractivity contribution in [1.29, 1.82) is 5.26 Å². The third-order valence-electron chi connectivity index (χ3n) is 4.56. The topological polar surface area (TPSA) is 106 Å². The Kier molecular flexibility index (Phi) is 11.9. The average Bonchev–Trinajstić information content (AvgIpc) is 2.70. The monoisotopic (exact) mass is 395 g/mol. The molecule has 0 heterocycles. The van der Waals surface area contributed by atoms with Gasteiger partial charge in [-0.3, -0.25) is 0 Å². The first-order valence-electron chi connectivity index (χ1n) is 9.63. The molecule has 0 fully saturated rings. The second kappa shape index (κ2) is 13.6. The molecular weight excluding hydrogens is 363 g/mol. The summed E-state index contributed by atoms with van der Waals surface area (Å²) in [4.78, 5) is 0. The number of aliphatic hydroxyl groups is 1. The molecule has 150 valence electrons. The van der Waals surface area contributed by atoms with Gasteiger partial charge in [0.1, 0.15) is 18.4 Å². The summed E-state index contributed by atoms with van der Waals surface area (Å²) in [5.41, 5.74) is 6.55. The van der Waals surface area contributed by atoms with Gasteiger partial charge in [-0.25, -0.2) is 0 Å². The number of hydrogen-bond acceptors (Lipinski definition) is 6. The number of aryl methyl sites for hydroxylation is 1. The number of unbranched alkanes of at least 4 members (excludes halogenated alkanes) is 5. The number of nitriles is 1. The largest absolute Gasteiger partial charge is 0.494 e. The summed E-state index contributed by atoms with van der Waals surface area (Å²) in [6, 6.07) is 7.70. The summed E-state index contributed by atoms with van der Waals surface area (Å²) in [7, 11) is -0.900. The smallest absolute Gasteiger partial charge is 0.492 e. The minimum absolute atomic E-state index is 0.0238. The van der Waals surface area contributed by atoms with Gasteiger partial charge in [0.05, 0.1) is 24.3 Å². The summed E-state index contributed by atoms with van der Waals surface area (Å²) in [5.74, 6) is 0.604. The fourth-order valence-electron chi connectivity index (χ4n) is 2.77. The lowest BCUT2D eigenvalue weighted by Gasteiger charge is -2.24. The Labute approximate surface area is 164 Å². The van der Waals surface area contributed by atoms with E-state index in [4.69, 9.17) is 15.0 Å². The number of ether oxygens (including phenoxy) is 1. The van der Waals surface area contributed by atoms with E-state index in [1.54, 1.807) is 6.07 Å². The van der Waals surface area contributed by atoms with Gasteiger partial charge in [-0.05, 0) is 41.5 Å². The summed E-state index contributed by atoms with van der Waals surface area (Å²) >= 11 is 0. The quantitative estimate of drug-likeness (QED) is 0.345. The average molecular weight is 395 g/mol. The first-order valence-corrected chi connectivity index (χ1v) is 10.4. The summed E-state index contributed by atoms with van der Waals surface area (Å²) in [6.45, 7) is 2.58. The zero-order valence-corrected chi connectivity index (χ0v) is 17.2. The number of benzene rings is 1. The van der Waals surface area contributed by atoms with Crippen molar-refractivity contribution in [3.63, 3.8) is 0 Å². The molecule has 1 aromatic carbocycles. The predicted octanol–water partition coefficient (Wildman–Crippen LogP) is 3.88. The number of nitrogens with two attached hydrogens (primary N) is 1. The summed E-state index contributed by atoms with van der Waals surface area (Å²) < 4.78 is 21.1. The zero-order valence-electron chi connectivity index (χ0n) is 16.2. The molecule has 0 bridgehead atoms. The maximum absolute atomic E-state index is 10.5. The van der Waals surface area contributed by atoms with Gasteiger partial charge in [0, 0.05) is 0 Å². The first-order chi connectivity index (χ1) is 13.1. The van der Waals surface area contributed by atoms with Crippen LogP contribution >= 0.6 is 8.69 Å². The predicted molar refractivity (Wildman–Crippen MR) is 107 cm³/mol. The van der Waals surface area contributed by atoms with Crippen LogP contribution in [0.5, 0.6) is 5.75 Å². The van der Waals surface area contributed by atoms with Gasteiger partial charge in [0.15, 0.2) is 0 Å². The van der Waals surface area contributed by atoms with Crippen LogP contribution in [0.25, 0.3) is 0 Å². The van der Waals surface area contributed by atoms with Crippen molar-refractivity contribution in [3.8, 4) is 11.8 Å². The minimum Gasteiger partial charge on any atom is -0.492 e. The van der Waals surface area contributed by atoms with Crippen molar-refractivity contribution in [2.24, 2.45) is 5.73 Å². The Morgan fingerprint density at radius 1 is 1.26 bits per heavy atom. The van der Waals surface area contributed by atoms with E-state index in [0.29, 0.717) is 30.8 Å². The highest BCUT2D eigenvalue weighted by molar-refractivity contribution is 7.17. The minimum atomic E-state index is -0.947. The van der Waals surface area contributed by atoms with Crippen LogP contribution in [0.1, 0.15) is 63.0 Å². The van der Waals surface area contributed by atoms with E-state index in [2.05, 4.69) is 13.0 Å². The molecule has 3 N–H and O–H groups in total. The van der Waals surface area contributed by atoms with Gasteiger partial charge in [-0.2, -0.15) is 5.26 Å². The molecule has 0 saturated heterocycles. The highest BCUT2D eigenvalue weighted by Crippen LogP contribution is 2.22. The SMILES string of the molecule is CCCCCCCCOc1ccc(CCC(N)(CO)CO[PH+]=O)cc1C#N. The number of aliphatic hydroxyl groups excluding tert-OH is 1. The van der Waals surface area contributed by atoms with Gasteiger partial charge < -0.3 is 15.6 Å². The fourth-order valence-corrected chi connectivity index (χ4v) is 3.12. The van der Waals surface area contributed by atoms with E-state index in [9.17, 15) is 14.9 Å². The van der Waals surface area contributed by atoms with Crippen molar-refractivity contribution < 1.29 is 18.9 Å². The number of nitrogens with zero attached hydrogens (tertiary/aromatic N) is 1. The van der Waals surface area contributed by atoms with Crippen LogP contribution in [0.4, 0.5) is 0 Å². The third kappa shape index (κ3) is 9.30. The zero-order chi connectivity index (χ0) is 20.0. The lowest BCUT2D eigenvalue weighted by atomic mass is 9.93. The Morgan fingerprint density at radius 3 is 2.67 bits per heavy atom. The Morgan fingerprint density at radius 2 is 2.00 bits per heavy atom. The summed E-state index contributed by atoms with van der Waals surface area (Å²) in [5, 5.41) is 18.8. The Balaban J connectivity index is 2.51. The fraction of sp³-hybridized carbons (Fsp3) is 0.650. The van der Waals surface area contributed by atoms with Crippen LogP contribution < -0.4 is 10.5 Å². The molecule has 7 heteroatoms. The maximum Gasteiger partial charge on any atom is 0.494 e. The second-order valence-corrected chi connectivity index (χ2v) is 7.41. The van der Waals surface area contributed by atoms with Crippen LogP contribution in [-0.4, -0.2) is 30.5 Å². The molecule has 0 radical (unpaired) electrons. The Hall–Kier alpha value is -1.51. The van der Waals surface area contributed by atoms with Crippen LogP contribution in [0.3, 0.4) is 0 Å². The standard InChI is InChI=1S/C20H32N2O4P/c1-2-3-4-5-6-7-12-25-19-9-8-17(13-18(19)14-21)10-11-20(22,15-23)16-26-27-24/h8-9,13,23,27H,2-7,10-12,15-16,22H2,1H3/q+1. The second-order valence-electron chi connectivity index (χ2n) is 6.95. The molecule has 0 aliphatic heterocycles. The highest BCUT2D eigenvalue weighted by Gasteiger charge is 2.26. The molecule has 2 atom stereocenters. The lowest BCUT2D eigenvalue weighted by molar-refractivity contribution is 0.133. The van der Waals surface area contributed by atoms with Crippen LogP contribution in [-0.2, 0) is 15.5 Å². The van der Waals surface area contributed by atoms with Crippen molar-refractivity contribution >= 4 is 8.69 Å². The Bertz CT molecular complexity index is 606. The van der Waals surface area contributed by atoms with Crippen LogP contribution in [0.2, 0.25) is 0 Å². The van der Waals surface area contributed by atoms with E-state index >= 15 is 0 Å². The van der Waals surface area contributed by atoms with E-state index in [-0.39, 0.29) is 13.2 Å². The van der Waals surface area contributed by atoms with Gasteiger partial charge in [0.2, 0.25) is 0 Å². The van der Waals surface area contributed by atoms with Crippen molar-refractivity contribution in [2.45, 2.75) is 63.8 Å². The lowest BCUT2D eigenvalue weighted by Crippen LogP contribution is -2.47. The molecule has 0 amide bonds. The van der Waals surface area contributed by atoms with Crippen molar-refractivity contribution in [3.05, 3.63) is 29.3 Å². The van der Waals surface area contributed by atoms with Gasteiger partial charge in [0.25, 0.3) is 0 Å². The molecule has 2 unspecified atom stereocenters. The van der Waals surface area contributed by atoms with E-state index in [0.717, 1.165) is 18.4 Å². The molecule has 0 aliphatic carbocycles. The molecule has 1 aromatic rings.